The predicted octanol–water partition coefficient (Wildman–Crippen LogP) is 2.87. The Morgan fingerprint density at radius 2 is 2.17 bits per heavy atom. The van der Waals surface area contributed by atoms with Crippen LogP contribution in [0.2, 0.25) is 0 Å². The molecule has 0 atom stereocenters. The summed E-state index contributed by atoms with van der Waals surface area (Å²) in [6.07, 6.45) is 8.40. The van der Waals surface area contributed by atoms with Crippen LogP contribution in [0.4, 0.5) is 0 Å². The van der Waals surface area contributed by atoms with E-state index < -0.39 is 0 Å². The van der Waals surface area contributed by atoms with E-state index in [1.807, 2.05) is 16.8 Å². The second kappa shape index (κ2) is 3.59. The van der Waals surface area contributed by atoms with Crippen molar-refractivity contribution in [2.75, 3.05) is 6.61 Å². The van der Waals surface area contributed by atoms with Gasteiger partial charge in [0, 0.05) is 11.3 Å². The SMILES string of the molecule is C1=CC(COc2ccsc2)C=C1. The van der Waals surface area contributed by atoms with Gasteiger partial charge in [-0.05, 0) is 11.4 Å². The molecule has 0 radical (unpaired) electrons. The maximum atomic E-state index is 5.54. The fourth-order valence-electron chi connectivity index (χ4n) is 1.12. The van der Waals surface area contributed by atoms with Crippen molar-refractivity contribution >= 4 is 11.3 Å². The van der Waals surface area contributed by atoms with Crippen LogP contribution in [0.15, 0.2) is 41.1 Å². The highest BCUT2D eigenvalue weighted by Crippen LogP contribution is 2.17. The molecule has 0 amide bonds. The van der Waals surface area contributed by atoms with Crippen molar-refractivity contribution in [1.29, 1.82) is 0 Å². The zero-order chi connectivity index (χ0) is 8.23. The summed E-state index contributed by atoms with van der Waals surface area (Å²) in [5, 5.41) is 4.04. The van der Waals surface area contributed by atoms with Crippen LogP contribution in [0.1, 0.15) is 0 Å². The molecule has 0 N–H and O–H groups in total. The fraction of sp³-hybridized carbons (Fsp3) is 0.200. The number of rotatable bonds is 3. The van der Waals surface area contributed by atoms with E-state index in [4.69, 9.17) is 4.74 Å². The molecule has 0 fully saturated rings. The minimum absolute atomic E-state index is 0.463. The van der Waals surface area contributed by atoms with Crippen molar-refractivity contribution in [1.82, 2.24) is 0 Å². The molecule has 0 saturated carbocycles. The third kappa shape index (κ3) is 1.77. The summed E-state index contributed by atoms with van der Waals surface area (Å²) in [7, 11) is 0. The zero-order valence-corrected chi connectivity index (χ0v) is 7.46. The highest BCUT2D eigenvalue weighted by molar-refractivity contribution is 7.08. The molecule has 0 aliphatic heterocycles. The van der Waals surface area contributed by atoms with Gasteiger partial charge in [-0.15, -0.1) is 11.3 Å². The van der Waals surface area contributed by atoms with Gasteiger partial charge in [-0.25, -0.2) is 0 Å². The molecule has 1 aromatic heterocycles. The molecule has 0 unspecified atom stereocenters. The highest BCUT2D eigenvalue weighted by atomic mass is 32.1. The van der Waals surface area contributed by atoms with E-state index in [9.17, 15) is 0 Å². The molecule has 2 heteroatoms. The Bertz CT molecular complexity index is 273. The van der Waals surface area contributed by atoms with Crippen LogP contribution in [-0.4, -0.2) is 6.61 Å². The van der Waals surface area contributed by atoms with E-state index in [2.05, 4.69) is 24.3 Å². The van der Waals surface area contributed by atoms with Gasteiger partial charge in [0.05, 0.1) is 6.61 Å². The average Bonchev–Trinajstić information content (AvgIpc) is 2.74. The second-order valence-electron chi connectivity index (χ2n) is 2.70. The summed E-state index contributed by atoms with van der Waals surface area (Å²) in [6.45, 7) is 0.754. The van der Waals surface area contributed by atoms with Crippen molar-refractivity contribution in [2.24, 2.45) is 5.92 Å². The van der Waals surface area contributed by atoms with Gasteiger partial charge in [0.2, 0.25) is 0 Å². The second-order valence-corrected chi connectivity index (χ2v) is 3.48. The van der Waals surface area contributed by atoms with Gasteiger partial charge in [0.15, 0.2) is 0 Å². The third-order valence-corrected chi connectivity index (χ3v) is 2.43. The van der Waals surface area contributed by atoms with E-state index in [0.29, 0.717) is 5.92 Å². The maximum absolute atomic E-state index is 5.54. The van der Waals surface area contributed by atoms with E-state index in [-0.39, 0.29) is 0 Å². The van der Waals surface area contributed by atoms with Crippen LogP contribution in [-0.2, 0) is 0 Å². The Morgan fingerprint density at radius 3 is 2.83 bits per heavy atom. The van der Waals surface area contributed by atoms with Gasteiger partial charge in [-0.1, -0.05) is 24.3 Å². The first-order valence-electron chi connectivity index (χ1n) is 3.95. The molecule has 62 valence electrons. The molecule has 1 heterocycles. The van der Waals surface area contributed by atoms with E-state index in [1.165, 1.54) is 0 Å². The fourth-order valence-corrected chi connectivity index (χ4v) is 1.69. The molecule has 1 nitrogen and oxygen atoms in total. The number of hydrogen-bond donors (Lipinski definition) is 0. The summed E-state index contributed by atoms with van der Waals surface area (Å²) in [5.74, 6) is 1.44. The van der Waals surface area contributed by atoms with Crippen molar-refractivity contribution in [2.45, 2.75) is 0 Å². The first-order chi connectivity index (χ1) is 5.95. The molecule has 1 aliphatic carbocycles. The standard InChI is InChI=1S/C10H10OS/c1-2-4-9(3-1)7-11-10-5-6-12-8-10/h1-6,8-9H,7H2. The molecular weight excluding hydrogens is 168 g/mol. The van der Waals surface area contributed by atoms with Crippen molar-refractivity contribution in [3.05, 3.63) is 41.1 Å². The van der Waals surface area contributed by atoms with Gasteiger partial charge in [-0.3, -0.25) is 0 Å². The van der Waals surface area contributed by atoms with Crippen LogP contribution < -0.4 is 4.74 Å². The monoisotopic (exact) mass is 178 g/mol. The lowest BCUT2D eigenvalue weighted by Gasteiger charge is -2.06. The largest absolute Gasteiger partial charge is 0.492 e. The molecule has 12 heavy (non-hydrogen) atoms. The number of hydrogen-bond acceptors (Lipinski definition) is 2. The Labute approximate surface area is 76.0 Å². The summed E-state index contributed by atoms with van der Waals surface area (Å²) >= 11 is 1.66. The minimum Gasteiger partial charge on any atom is -0.492 e. The first-order valence-corrected chi connectivity index (χ1v) is 4.89. The van der Waals surface area contributed by atoms with Gasteiger partial charge < -0.3 is 4.74 Å². The van der Waals surface area contributed by atoms with Crippen molar-refractivity contribution in [3.8, 4) is 5.75 Å². The van der Waals surface area contributed by atoms with Gasteiger partial charge >= 0.3 is 0 Å². The zero-order valence-electron chi connectivity index (χ0n) is 6.64. The first kappa shape index (κ1) is 7.62. The number of ether oxygens (including phenoxy) is 1. The molecule has 1 aromatic rings. The quantitative estimate of drug-likeness (QED) is 0.691. The average molecular weight is 178 g/mol. The van der Waals surface area contributed by atoms with E-state index in [0.717, 1.165) is 12.4 Å². The Morgan fingerprint density at radius 1 is 1.33 bits per heavy atom. The molecule has 0 saturated heterocycles. The van der Waals surface area contributed by atoms with Crippen molar-refractivity contribution < 1.29 is 4.74 Å². The Balaban J connectivity index is 1.83. The summed E-state index contributed by atoms with van der Waals surface area (Å²) in [5.41, 5.74) is 0. The summed E-state index contributed by atoms with van der Waals surface area (Å²) < 4.78 is 5.54. The van der Waals surface area contributed by atoms with Crippen LogP contribution in [0.3, 0.4) is 0 Å². The van der Waals surface area contributed by atoms with Crippen LogP contribution >= 0.6 is 11.3 Å². The summed E-state index contributed by atoms with van der Waals surface area (Å²) in [6, 6.07) is 1.99. The summed E-state index contributed by atoms with van der Waals surface area (Å²) in [4.78, 5) is 0. The lowest BCUT2D eigenvalue weighted by molar-refractivity contribution is 0.299. The molecule has 0 spiro atoms. The normalized spacial score (nSPS) is 15.7. The number of thiophene rings is 1. The Kier molecular flexibility index (Phi) is 2.28. The minimum atomic E-state index is 0.463. The maximum Gasteiger partial charge on any atom is 0.130 e. The van der Waals surface area contributed by atoms with E-state index >= 15 is 0 Å². The Hall–Kier alpha value is -1.02. The predicted molar refractivity (Wildman–Crippen MR) is 51.6 cm³/mol. The smallest absolute Gasteiger partial charge is 0.130 e. The molecule has 2 rings (SSSR count). The highest BCUT2D eigenvalue weighted by Gasteiger charge is 2.03. The van der Waals surface area contributed by atoms with Crippen LogP contribution in [0, 0.1) is 5.92 Å². The molecule has 1 aliphatic rings. The van der Waals surface area contributed by atoms with Gasteiger partial charge in [0.1, 0.15) is 5.75 Å². The van der Waals surface area contributed by atoms with E-state index in [1.54, 1.807) is 11.3 Å². The van der Waals surface area contributed by atoms with Crippen molar-refractivity contribution in [3.63, 3.8) is 0 Å². The third-order valence-electron chi connectivity index (χ3n) is 1.77. The molecule has 0 aromatic carbocycles. The van der Waals surface area contributed by atoms with Crippen LogP contribution in [0.5, 0.6) is 5.75 Å². The number of allylic oxidation sites excluding steroid dienone is 2. The van der Waals surface area contributed by atoms with Gasteiger partial charge in [0.25, 0.3) is 0 Å². The topological polar surface area (TPSA) is 9.23 Å². The van der Waals surface area contributed by atoms with Crippen LogP contribution in [0.25, 0.3) is 0 Å². The lowest BCUT2D eigenvalue weighted by atomic mass is 10.2. The lowest BCUT2D eigenvalue weighted by Crippen LogP contribution is -2.04. The molecular formula is C10H10OS. The van der Waals surface area contributed by atoms with Gasteiger partial charge in [-0.2, -0.15) is 0 Å². The molecule has 0 bridgehead atoms.